The van der Waals surface area contributed by atoms with Gasteiger partial charge in [0.25, 0.3) is 0 Å². The van der Waals surface area contributed by atoms with Crippen LogP contribution in [-0.4, -0.2) is 5.11 Å². The van der Waals surface area contributed by atoms with Crippen molar-refractivity contribution in [1.82, 2.24) is 0 Å². The Kier molecular flexibility index (Phi) is 2.83. The first kappa shape index (κ1) is 10.7. The Morgan fingerprint density at radius 3 is 1.92 bits per heavy atom. The lowest BCUT2D eigenvalue weighted by atomic mass is 9.85. The number of halogens is 1. The molecule has 0 aromatic heterocycles. The second-order valence-corrected chi connectivity index (χ2v) is 5.39. The molecule has 0 saturated carbocycles. The van der Waals surface area contributed by atoms with Crippen molar-refractivity contribution >= 4 is 15.9 Å². The molecule has 2 heteroatoms. The topological polar surface area (TPSA) is 20.2 Å². The van der Waals surface area contributed by atoms with Crippen molar-refractivity contribution in [2.24, 2.45) is 5.41 Å². The molecule has 0 heterocycles. The summed E-state index contributed by atoms with van der Waals surface area (Å²) in [6.07, 6.45) is 0. The number of hydrogen-bond acceptors (Lipinski definition) is 1. The molecule has 0 amide bonds. The molecule has 1 nitrogen and oxygen atoms in total. The minimum Gasteiger partial charge on any atom is -0.374 e. The zero-order chi connectivity index (χ0) is 10.1. The average Bonchev–Trinajstić information content (AvgIpc) is 2.04. The van der Waals surface area contributed by atoms with E-state index in [1.807, 2.05) is 51.1 Å². The molecule has 1 aromatic rings. The van der Waals surface area contributed by atoms with Gasteiger partial charge >= 0.3 is 0 Å². The first-order valence-electron chi connectivity index (χ1n) is 4.32. The molecule has 0 aliphatic carbocycles. The quantitative estimate of drug-likeness (QED) is 0.750. The fraction of sp³-hybridized carbons (Fsp3) is 0.455. The van der Waals surface area contributed by atoms with Crippen molar-refractivity contribution in [2.45, 2.75) is 25.3 Å². The molecule has 0 aliphatic heterocycles. The minimum atomic E-state index is -0.957. The maximum absolute atomic E-state index is 10.2. The van der Waals surface area contributed by atoms with Crippen LogP contribution in [0.2, 0.25) is 0 Å². The normalized spacial score (nSPS) is 16.7. The van der Waals surface area contributed by atoms with Crippen molar-refractivity contribution in [3.63, 3.8) is 0 Å². The summed E-state index contributed by atoms with van der Waals surface area (Å²) in [6, 6.07) is 9.62. The Hall–Kier alpha value is -0.340. The zero-order valence-electron chi connectivity index (χ0n) is 8.21. The molecule has 1 rings (SSSR count). The smallest absolute Gasteiger partial charge is 0.149 e. The summed E-state index contributed by atoms with van der Waals surface area (Å²) in [6.45, 7) is 5.98. The number of alkyl halides is 1. The molecule has 0 saturated heterocycles. The number of hydrogen-bond donors (Lipinski definition) is 1. The largest absolute Gasteiger partial charge is 0.374 e. The summed E-state index contributed by atoms with van der Waals surface area (Å²) in [4.78, 5) is 0. The molecule has 0 fully saturated rings. The van der Waals surface area contributed by atoms with Crippen molar-refractivity contribution < 1.29 is 5.11 Å². The van der Waals surface area contributed by atoms with Crippen LogP contribution in [0, 0.1) is 5.41 Å². The van der Waals surface area contributed by atoms with Gasteiger partial charge in [-0.3, -0.25) is 0 Å². The highest BCUT2D eigenvalue weighted by atomic mass is 79.9. The fourth-order valence-corrected chi connectivity index (χ4v) is 1.36. The summed E-state index contributed by atoms with van der Waals surface area (Å²) < 4.78 is -0.957. The summed E-state index contributed by atoms with van der Waals surface area (Å²) in [5.74, 6) is 0. The lowest BCUT2D eigenvalue weighted by Crippen LogP contribution is -2.33. The first-order chi connectivity index (χ1) is 5.86. The molecule has 1 unspecified atom stereocenters. The van der Waals surface area contributed by atoms with Gasteiger partial charge in [-0.25, -0.2) is 0 Å². The molecule has 0 radical (unpaired) electrons. The van der Waals surface area contributed by atoms with Gasteiger partial charge in [-0.1, -0.05) is 51.1 Å². The molecule has 0 spiro atoms. The highest BCUT2D eigenvalue weighted by molar-refractivity contribution is 9.09. The van der Waals surface area contributed by atoms with Gasteiger partial charge in [-0.05, 0) is 21.5 Å². The Balaban J connectivity index is 3.08. The molecule has 1 N–H and O–H groups in total. The van der Waals surface area contributed by atoms with Gasteiger partial charge in [-0.15, -0.1) is 0 Å². The standard InChI is InChI=1S/C11H15BrO/c1-10(2,3)11(12,13)9-7-5-4-6-8-9/h4-8,13H,1-3H3. The second kappa shape index (κ2) is 3.43. The maximum Gasteiger partial charge on any atom is 0.149 e. The van der Waals surface area contributed by atoms with Crippen molar-refractivity contribution in [3.8, 4) is 0 Å². The van der Waals surface area contributed by atoms with E-state index in [9.17, 15) is 5.11 Å². The van der Waals surface area contributed by atoms with Gasteiger partial charge in [0.15, 0.2) is 0 Å². The molecule has 0 bridgehead atoms. The Bertz CT molecular complexity index is 272. The zero-order valence-corrected chi connectivity index (χ0v) is 9.80. The highest BCUT2D eigenvalue weighted by Gasteiger charge is 2.38. The van der Waals surface area contributed by atoms with E-state index in [1.54, 1.807) is 0 Å². The number of rotatable bonds is 1. The molecule has 0 aliphatic rings. The predicted octanol–water partition coefficient (Wildman–Crippen LogP) is 3.27. The van der Waals surface area contributed by atoms with Crippen LogP contribution in [0.25, 0.3) is 0 Å². The first-order valence-corrected chi connectivity index (χ1v) is 5.12. The predicted molar refractivity (Wildman–Crippen MR) is 58.7 cm³/mol. The average molecular weight is 243 g/mol. The van der Waals surface area contributed by atoms with Crippen LogP contribution in [0.5, 0.6) is 0 Å². The van der Waals surface area contributed by atoms with E-state index in [4.69, 9.17) is 0 Å². The Morgan fingerprint density at radius 1 is 1.08 bits per heavy atom. The highest BCUT2D eigenvalue weighted by Crippen LogP contribution is 2.44. The van der Waals surface area contributed by atoms with Crippen LogP contribution in [0.15, 0.2) is 30.3 Å². The molecule has 13 heavy (non-hydrogen) atoms. The van der Waals surface area contributed by atoms with Crippen LogP contribution < -0.4 is 0 Å². The van der Waals surface area contributed by atoms with E-state index < -0.39 is 4.51 Å². The van der Waals surface area contributed by atoms with E-state index in [0.29, 0.717) is 0 Å². The summed E-state index contributed by atoms with van der Waals surface area (Å²) in [7, 11) is 0. The molecular weight excluding hydrogens is 228 g/mol. The fourth-order valence-electron chi connectivity index (χ4n) is 1.09. The lowest BCUT2D eigenvalue weighted by Gasteiger charge is -2.35. The number of benzene rings is 1. The Morgan fingerprint density at radius 2 is 1.54 bits per heavy atom. The van der Waals surface area contributed by atoms with E-state index >= 15 is 0 Å². The van der Waals surface area contributed by atoms with Gasteiger partial charge in [0.2, 0.25) is 0 Å². The van der Waals surface area contributed by atoms with Crippen LogP contribution in [0.3, 0.4) is 0 Å². The van der Waals surface area contributed by atoms with E-state index in [-0.39, 0.29) is 5.41 Å². The van der Waals surface area contributed by atoms with Crippen molar-refractivity contribution in [1.29, 1.82) is 0 Å². The van der Waals surface area contributed by atoms with Crippen LogP contribution in [-0.2, 0) is 4.51 Å². The molecule has 72 valence electrons. The number of aliphatic hydroxyl groups is 1. The van der Waals surface area contributed by atoms with Crippen LogP contribution in [0.1, 0.15) is 26.3 Å². The lowest BCUT2D eigenvalue weighted by molar-refractivity contribution is 0.0323. The third-order valence-corrected chi connectivity index (χ3v) is 3.80. The minimum absolute atomic E-state index is 0.228. The van der Waals surface area contributed by atoms with Gasteiger partial charge in [0.05, 0.1) is 0 Å². The van der Waals surface area contributed by atoms with Gasteiger partial charge in [-0.2, -0.15) is 0 Å². The molecular formula is C11H15BrO. The van der Waals surface area contributed by atoms with E-state index in [2.05, 4.69) is 15.9 Å². The molecule has 1 aromatic carbocycles. The second-order valence-electron chi connectivity index (χ2n) is 4.24. The SMILES string of the molecule is CC(C)(C)C(O)(Br)c1ccccc1. The van der Waals surface area contributed by atoms with Crippen molar-refractivity contribution in [2.75, 3.05) is 0 Å². The monoisotopic (exact) mass is 242 g/mol. The summed E-state index contributed by atoms with van der Waals surface area (Å²) in [5, 5.41) is 10.2. The molecule has 1 atom stereocenters. The van der Waals surface area contributed by atoms with E-state index in [1.165, 1.54) is 0 Å². The maximum atomic E-state index is 10.2. The van der Waals surface area contributed by atoms with Gasteiger partial charge < -0.3 is 5.11 Å². The van der Waals surface area contributed by atoms with Gasteiger partial charge in [0, 0.05) is 5.41 Å². The summed E-state index contributed by atoms with van der Waals surface area (Å²) in [5.41, 5.74) is 0.663. The van der Waals surface area contributed by atoms with Crippen molar-refractivity contribution in [3.05, 3.63) is 35.9 Å². The summed E-state index contributed by atoms with van der Waals surface area (Å²) >= 11 is 3.37. The van der Waals surface area contributed by atoms with Crippen LogP contribution >= 0.6 is 15.9 Å². The third kappa shape index (κ3) is 2.12. The van der Waals surface area contributed by atoms with E-state index in [0.717, 1.165) is 5.56 Å². The van der Waals surface area contributed by atoms with Crippen LogP contribution in [0.4, 0.5) is 0 Å². The Labute approximate surface area is 87.9 Å². The third-order valence-electron chi connectivity index (χ3n) is 2.15. The van der Waals surface area contributed by atoms with Gasteiger partial charge in [0.1, 0.15) is 4.51 Å².